The molecule has 2 fully saturated rings. The van der Waals surface area contributed by atoms with E-state index < -0.39 is 0 Å². The zero-order valence-electron chi connectivity index (χ0n) is 10.8. The van der Waals surface area contributed by atoms with Crippen LogP contribution in [0.2, 0.25) is 5.02 Å². The molecule has 1 aliphatic carbocycles. The third kappa shape index (κ3) is 2.51. The highest BCUT2D eigenvalue weighted by Crippen LogP contribution is 2.46. The predicted octanol–water partition coefficient (Wildman–Crippen LogP) is 3.47. The molecule has 0 unspecified atom stereocenters. The first-order valence-corrected chi connectivity index (χ1v) is 8.75. The molecule has 1 saturated carbocycles. The van der Waals surface area contributed by atoms with Gasteiger partial charge in [0.05, 0.1) is 17.5 Å². The van der Waals surface area contributed by atoms with Crippen LogP contribution in [-0.4, -0.2) is 26.6 Å². The maximum atomic E-state index is 12.6. The van der Waals surface area contributed by atoms with Gasteiger partial charge in [-0.2, -0.15) is 0 Å². The Morgan fingerprint density at radius 3 is 2.14 bits per heavy atom. The molecule has 2 amide bonds. The molecule has 4 atom stereocenters. The number of rotatable bonds is 1. The van der Waals surface area contributed by atoms with Crippen LogP contribution in [-0.2, 0) is 9.59 Å². The molecule has 21 heavy (non-hydrogen) atoms. The number of hydrogen-bond donors (Lipinski definition) is 1. The fourth-order valence-electron chi connectivity index (χ4n) is 3.01. The highest BCUT2D eigenvalue weighted by atomic mass is 79.9. The Hall–Kier alpha value is -0.590. The fourth-order valence-corrected chi connectivity index (χ4v) is 4.41. The summed E-state index contributed by atoms with van der Waals surface area (Å²) < 4.78 is 0. The van der Waals surface area contributed by atoms with Crippen molar-refractivity contribution in [2.24, 2.45) is 11.8 Å². The number of fused-ring (bicyclic) bond motifs is 1. The molecule has 1 aliphatic heterocycles. The van der Waals surface area contributed by atoms with Crippen LogP contribution in [0.3, 0.4) is 0 Å². The highest BCUT2D eigenvalue weighted by molar-refractivity contribution is 9.12. The molecular formula is C14H12Br2ClNO3. The second-order valence-electron chi connectivity index (χ2n) is 5.36. The minimum atomic E-state index is -0.339. The molecule has 0 spiro atoms. The fraction of sp³-hybridized carbons (Fsp3) is 0.429. The van der Waals surface area contributed by atoms with Gasteiger partial charge in [0.15, 0.2) is 0 Å². The van der Waals surface area contributed by atoms with Gasteiger partial charge in [-0.1, -0.05) is 43.5 Å². The Morgan fingerprint density at radius 1 is 1.10 bits per heavy atom. The first kappa shape index (κ1) is 15.3. The van der Waals surface area contributed by atoms with Gasteiger partial charge in [0.2, 0.25) is 11.8 Å². The summed E-state index contributed by atoms with van der Waals surface area (Å²) in [4.78, 5) is 26.6. The minimum Gasteiger partial charge on any atom is -0.506 e. The zero-order chi connectivity index (χ0) is 15.3. The first-order chi connectivity index (χ1) is 9.90. The highest BCUT2D eigenvalue weighted by Gasteiger charge is 2.52. The van der Waals surface area contributed by atoms with E-state index in [0.717, 1.165) is 4.90 Å². The number of carbonyl (C=O) groups excluding carboxylic acids is 2. The maximum Gasteiger partial charge on any atom is 0.237 e. The van der Waals surface area contributed by atoms with Gasteiger partial charge in [0, 0.05) is 14.7 Å². The topological polar surface area (TPSA) is 57.6 Å². The average molecular weight is 438 g/mol. The molecule has 1 aromatic rings. The van der Waals surface area contributed by atoms with Gasteiger partial charge >= 0.3 is 0 Å². The number of benzene rings is 1. The van der Waals surface area contributed by atoms with Crippen molar-refractivity contribution in [1.29, 1.82) is 0 Å². The summed E-state index contributed by atoms with van der Waals surface area (Å²) in [5.41, 5.74) is 0.171. The monoisotopic (exact) mass is 435 g/mol. The number of hydrogen-bond acceptors (Lipinski definition) is 3. The Balaban J connectivity index is 2.00. The number of phenols is 1. The summed E-state index contributed by atoms with van der Waals surface area (Å²) in [7, 11) is 0. The van der Waals surface area contributed by atoms with Crippen molar-refractivity contribution in [2.75, 3.05) is 4.90 Å². The van der Waals surface area contributed by atoms with Gasteiger partial charge in [-0.3, -0.25) is 9.59 Å². The van der Waals surface area contributed by atoms with Crippen LogP contribution in [0.1, 0.15) is 12.8 Å². The van der Waals surface area contributed by atoms with E-state index in [2.05, 4.69) is 31.9 Å². The molecule has 112 valence electrons. The molecule has 1 heterocycles. The second kappa shape index (κ2) is 5.56. The number of carbonyl (C=O) groups is 2. The lowest BCUT2D eigenvalue weighted by Gasteiger charge is -2.29. The van der Waals surface area contributed by atoms with E-state index in [9.17, 15) is 14.7 Å². The molecule has 7 heteroatoms. The Labute approximate surface area is 143 Å². The van der Waals surface area contributed by atoms with Gasteiger partial charge in [-0.15, -0.1) is 0 Å². The number of amides is 2. The Bertz CT molecular complexity index is 596. The van der Waals surface area contributed by atoms with E-state index in [1.54, 1.807) is 0 Å². The van der Waals surface area contributed by atoms with Crippen molar-refractivity contribution in [3.05, 3.63) is 23.2 Å². The lowest BCUT2D eigenvalue weighted by molar-refractivity contribution is -0.122. The van der Waals surface area contributed by atoms with Crippen molar-refractivity contribution in [1.82, 2.24) is 0 Å². The van der Waals surface area contributed by atoms with Crippen molar-refractivity contribution >= 4 is 61.0 Å². The Morgan fingerprint density at radius 2 is 1.62 bits per heavy atom. The van der Waals surface area contributed by atoms with Crippen molar-refractivity contribution < 1.29 is 14.7 Å². The number of phenolic OH excluding ortho intramolecular Hbond substituents is 1. The van der Waals surface area contributed by atoms with Crippen LogP contribution in [0, 0.1) is 11.8 Å². The van der Waals surface area contributed by atoms with Crippen LogP contribution < -0.4 is 4.90 Å². The van der Waals surface area contributed by atoms with Crippen molar-refractivity contribution in [3.63, 3.8) is 0 Å². The van der Waals surface area contributed by atoms with Gasteiger partial charge < -0.3 is 5.11 Å². The molecule has 0 aromatic heterocycles. The summed E-state index contributed by atoms with van der Waals surface area (Å²) in [6, 6.07) is 4.35. The van der Waals surface area contributed by atoms with E-state index >= 15 is 0 Å². The summed E-state index contributed by atoms with van der Waals surface area (Å²) in [5.74, 6) is -1.31. The third-order valence-corrected chi connectivity index (χ3v) is 7.06. The molecular weight excluding hydrogens is 425 g/mol. The van der Waals surface area contributed by atoms with Crippen LogP contribution in [0.4, 0.5) is 5.69 Å². The molecule has 2 aliphatic rings. The standard InChI is InChI=1S/C14H12Br2ClNO3/c15-9-4-7-8(5-10(9)16)14(21)18(13(7)20)11-3-6(17)1-2-12(11)19/h1-3,7-10,19H,4-5H2/t7-,8+,9-,10-/m1/s1. The average Bonchev–Trinajstić information content (AvgIpc) is 2.66. The van der Waals surface area contributed by atoms with Crippen molar-refractivity contribution in [3.8, 4) is 5.75 Å². The lowest BCUT2D eigenvalue weighted by Crippen LogP contribution is -2.34. The quantitative estimate of drug-likeness (QED) is 0.541. The Kier molecular flexibility index (Phi) is 4.05. The first-order valence-electron chi connectivity index (χ1n) is 6.54. The van der Waals surface area contributed by atoms with E-state index in [1.165, 1.54) is 18.2 Å². The van der Waals surface area contributed by atoms with E-state index in [-0.39, 0.29) is 44.7 Å². The minimum absolute atomic E-state index is 0.120. The molecule has 0 radical (unpaired) electrons. The van der Waals surface area contributed by atoms with Gasteiger partial charge in [0.25, 0.3) is 0 Å². The molecule has 4 nitrogen and oxygen atoms in total. The number of alkyl halides is 2. The molecule has 1 N–H and O–H groups in total. The number of anilines is 1. The number of aromatic hydroxyl groups is 1. The van der Waals surface area contributed by atoms with Crippen LogP contribution in [0.25, 0.3) is 0 Å². The number of nitrogens with zero attached hydrogens (tertiary/aromatic N) is 1. The van der Waals surface area contributed by atoms with Crippen molar-refractivity contribution in [2.45, 2.75) is 22.5 Å². The van der Waals surface area contributed by atoms with Gasteiger partial charge in [0.1, 0.15) is 5.75 Å². The maximum absolute atomic E-state index is 12.6. The number of halogens is 3. The molecule has 0 bridgehead atoms. The van der Waals surface area contributed by atoms with E-state index in [0.29, 0.717) is 17.9 Å². The normalized spacial score (nSPS) is 32.4. The molecule has 3 rings (SSSR count). The number of imide groups is 1. The SMILES string of the molecule is O=C1[C@H]2C[C@@H](Br)[C@H](Br)C[C@H]2C(=O)N1c1cc(Cl)ccc1O. The largest absolute Gasteiger partial charge is 0.506 e. The second-order valence-corrected chi connectivity index (χ2v) is 8.15. The summed E-state index contributed by atoms with van der Waals surface area (Å²) in [6.07, 6.45) is 1.20. The predicted molar refractivity (Wildman–Crippen MR) is 87.3 cm³/mol. The molecule has 1 aromatic carbocycles. The summed E-state index contributed by atoms with van der Waals surface area (Å²) in [6.45, 7) is 0. The lowest BCUT2D eigenvalue weighted by atomic mass is 9.81. The molecule has 1 saturated heterocycles. The zero-order valence-corrected chi connectivity index (χ0v) is 14.7. The summed E-state index contributed by atoms with van der Waals surface area (Å²) in [5, 5.41) is 10.3. The third-order valence-electron chi connectivity index (χ3n) is 4.09. The van der Waals surface area contributed by atoms with Crippen LogP contribution >= 0.6 is 43.5 Å². The smallest absolute Gasteiger partial charge is 0.237 e. The van der Waals surface area contributed by atoms with E-state index in [4.69, 9.17) is 11.6 Å². The van der Waals surface area contributed by atoms with Crippen LogP contribution in [0.5, 0.6) is 5.75 Å². The van der Waals surface area contributed by atoms with Gasteiger partial charge in [-0.25, -0.2) is 4.90 Å². The van der Waals surface area contributed by atoms with Gasteiger partial charge in [-0.05, 0) is 31.0 Å². The summed E-state index contributed by atoms with van der Waals surface area (Å²) >= 11 is 13.0. The van der Waals surface area contributed by atoms with E-state index in [1.807, 2.05) is 0 Å². The van der Waals surface area contributed by atoms with Crippen LogP contribution in [0.15, 0.2) is 18.2 Å².